The van der Waals surface area contributed by atoms with Crippen molar-refractivity contribution in [1.82, 2.24) is 4.98 Å². The largest absolute Gasteiger partial charge is 0.397 e. The Morgan fingerprint density at radius 1 is 1.50 bits per heavy atom. The van der Waals surface area contributed by atoms with E-state index in [4.69, 9.17) is 0 Å². The number of pyridine rings is 1. The van der Waals surface area contributed by atoms with Crippen LogP contribution in [0.15, 0.2) is 29.4 Å². The molecule has 3 heteroatoms. The van der Waals surface area contributed by atoms with Gasteiger partial charge in [0.1, 0.15) is 0 Å². The second-order valence-corrected chi connectivity index (χ2v) is 1.55. The summed E-state index contributed by atoms with van der Waals surface area (Å²) >= 11 is 0. The second kappa shape index (κ2) is 5.64. The van der Waals surface area contributed by atoms with Gasteiger partial charge in [0, 0.05) is 44.4 Å². The Bertz CT molecular complexity index is 196. The van der Waals surface area contributed by atoms with Gasteiger partial charge in [0.15, 0.2) is 0 Å². The van der Waals surface area contributed by atoms with Crippen LogP contribution in [0.5, 0.6) is 0 Å². The second-order valence-electron chi connectivity index (χ2n) is 1.55. The predicted octanol–water partition coefficient (Wildman–Crippen LogP) is 1.01. The summed E-state index contributed by atoms with van der Waals surface area (Å²) in [6, 6.07) is 5.62. The Hall–Kier alpha value is -0.128. The first-order valence-corrected chi connectivity index (χ1v) is 2.69. The van der Waals surface area contributed by atoms with E-state index in [1.807, 2.05) is 18.2 Å². The fourth-order valence-electron chi connectivity index (χ4n) is 0.543. The van der Waals surface area contributed by atoms with Crippen molar-refractivity contribution in [2.75, 3.05) is 7.05 Å². The summed E-state index contributed by atoms with van der Waals surface area (Å²) in [7, 11) is 1.68. The van der Waals surface area contributed by atoms with Gasteiger partial charge in [0.05, 0.1) is 0 Å². The van der Waals surface area contributed by atoms with E-state index in [0.29, 0.717) is 0 Å². The summed E-state index contributed by atoms with van der Waals surface area (Å²) < 4.78 is 0. The van der Waals surface area contributed by atoms with E-state index < -0.39 is 0 Å². The zero-order chi connectivity index (χ0) is 6.53. The van der Waals surface area contributed by atoms with Gasteiger partial charge in [-0.05, 0) is 0 Å². The maximum absolute atomic E-state index is 3.96. The molecule has 0 unspecified atom stereocenters. The minimum Gasteiger partial charge on any atom is -0.397 e. The third kappa shape index (κ3) is 3.15. The van der Waals surface area contributed by atoms with Crippen LogP contribution >= 0.6 is 0 Å². The van der Waals surface area contributed by atoms with Crippen molar-refractivity contribution in [3.05, 3.63) is 30.1 Å². The Labute approximate surface area is 84.2 Å². The molecule has 0 radical (unpaired) electrons. The van der Waals surface area contributed by atoms with E-state index in [0.717, 1.165) is 5.69 Å². The number of hydrogen-bond donors (Lipinski definition) is 0. The van der Waals surface area contributed by atoms with Gasteiger partial charge in [-0.25, -0.2) is 0 Å². The molecule has 0 N–H and O–H groups in total. The van der Waals surface area contributed by atoms with Gasteiger partial charge >= 0.3 is 0 Å². The molecule has 0 aromatic carbocycles. The SMILES string of the molecule is CN=[C-]c1ccccn1.[U]. The van der Waals surface area contributed by atoms with Crippen molar-refractivity contribution in [2.45, 2.75) is 0 Å². The van der Waals surface area contributed by atoms with E-state index in [2.05, 4.69) is 16.2 Å². The molecule has 0 bridgehead atoms. The summed E-state index contributed by atoms with van der Waals surface area (Å²) in [5.41, 5.74) is 0.778. The Morgan fingerprint density at radius 2 is 2.30 bits per heavy atom. The standard InChI is InChI=1S/C7H7N2.U/c1-8-6-7-4-2-3-5-9-7;/h2-5H,1H3;/q-1;. The summed E-state index contributed by atoms with van der Waals surface area (Å²) in [5.74, 6) is 0. The van der Waals surface area contributed by atoms with Crippen LogP contribution < -0.4 is 0 Å². The van der Waals surface area contributed by atoms with Crippen LogP contribution in [0, 0.1) is 31.1 Å². The normalized spacial score (nSPS) is 9.30. The molecular formula is C7H7N2U-. The molecule has 2 nitrogen and oxygen atoms in total. The van der Waals surface area contributed by atoms with Crippen LogP contribution in [-0.4, -0.2) is 18.2 Å². The monoisotopic (exact) mass is 357 g/mol. The van der Waals surface area contributed by atoms with E-state index in [1.54, 1.807) is 13.2 Å². The Balaban J connectivity index is 0.000000810. The molecule has 0 saturated heterocycles. The van der Waals surface area contributed by atoms with Gasteiger partial charge < -0.3 is 4.99 Å². The number of rotatable bonds is 1. The van der Waals surface area contributed by atoms with E-state index in [1.165, 1.54) is 0 Å². The number of aliphatic imine (C=N–C) groups is 1. The van der Waals surface area contributed by atoms with Crippen LogP contribution in [0.1, 0.15) is 5.69 Å². The third-order valence-electron chi connectivity index (χ3n) is 0.891. The first-order chi connectivity index (χ1) is 4.43. The van der Waals surface area contributed by atoms with Crippen molar-refractivity contribution >= 4 is 6.21 Å². The summed E-state index contributed by atoms with van der Waals surface area (Å²) in [6.45, 7) is 0. The molecule has 1 aromatic rings. The van der Waals surface area contributed by atoms with Crippen LogP contribution in [0.4, 0.5) is 0 Å². The molecule has 50 valence electrons. The number of aromatic nitrogens is 1. The molecule has 0 fully saturated rings. The van der Waals surface area contributed by atoms with Crippen molar-refractivity contribution in [2.24, 2.45) is 4.99 Å². The topological polar surface area (TPSA) is 25.2 Å². The number of hydrogen-bond acceptors (Lipinski definition) is 2. The van der Waals surface area contributed by atoms with Crippen molar-refractivity contribution in [1.29, 1.82) is 0 Å². The molecule has 10 heavy (non-hydrogen) atoms. The van der Waals surface area contributed by atoms with Crippen molar-refractivity contribution in [3.63, 3.8) is 0 Å². The molecule has 0 aliphatic carbocycles. The van der Waals surface area contributed by atoms with E-state index in [-0.39, 0.29) is 31.1 Å². The molecular weight excluding hydrogens is 350 g/mol. The van der Waals surface area contributed by atoms with Crippen LogP contribution in [0.25, 0.3) is 0 Å². The van der Waals surface area contributed by atoms with Gasteiger partial charge in [0.2, 0.25) is 0 Å². The van der Waals surface area contributed by atoms with Gasteiger partial charge in [-0.3, -0.25) is 4.98 Å². The predicted molar refractivity (Wildman–Crippen MR) is 36.7 cm³/mol. The van der Waals surface area contributed by atoms with Gasteiger partial charge in [0.25, 0.3) is 0 Å². The molecule has 1 aromatic heterocycles. The van der Waals surface area contributed by atoms with Gasteiger partial charge in [-0.1, -0.05) is 11.8 Å². The summed E-state index contributed by atoms with van der Waals surface area (Å²) in [6.07, 6.45) is 4.44. The Morgan fingerprint density at radius 3 is 2.80 bits per heavy atom. The van der Waals surface area contributed by atoms with Crippen LogP contribution in [0.2, 0.25) is 0 Å². The average Bonchev–Trinajstić information content (AvgIpc) is 1.91. The molecule has 1 rings (SSSR count). The average molecular weight is 357 g/mol. The van der Waals surface area contributed by atoms with Crippen LogP contribution in [0.3, 0.4) is 0 Å². The summed E-state index contributed by atoms with van der Waals surface area (Å²) in [4.78, 5) is 7.66. The smallest absolute Gasteiger partial charge is 0.0223 e. The summed E-state index contributed by atoms with van der Waals surface area (Å²) in [5, 5.41) is 0. The van der Waals surface area contributed by atoms with Crippen molar-refractivity contribution in [3.8, 4) is 0 Å². The van der Waals surface area contributed by atoms with Crippen LogP contribution in [-0.2, 0) is 0 Å². The minimum absolute atomic E-state index is 0. The first kappa shape index (κ1) is 9.87. The molecule has 0 atom stereocenters. The minimum atomic E-state index is 0. The van der Waals surface area contributed by atoms with Crippen molar-refractivity contribution < 1.29 is 31.1 Å². The zero-order valence-corrected chi connectivity index (χ0v) is 9.87. The van der Waals surface area contributed by atoms with E-state index >= 15 is 0 Å². The Kier molecular flexibility index (Phi) is 5.57. The molecule has 1 heterocycles. The molecule has 0 spiro atoms. The maximum Gasteiger partial charge on any atom is 0.0223 e. The first-order valence-electron chi connectivity index (χ1n) is 2.69. The fourth-order valence-corrected chi connectivity index (χ4v) is 0.543. The van der Waals surface area contributed by atoms with E-state index in [9.17, 15) is 0 Å². The third-order valence-corrected chi connectivity index (χ3v) is 0.891. The van der Waals surface area contributed by atoms with Gasteiger partial charge in [-0.2, -0.15) is 6.07 Å². The molecule has 0 aliphatic rings. The quantitative estimate of drug-likeness (QED) is 0.544. The number of nitrogens with zero attached hydrogens (tertiary/aromatic N) is 2. The van der Waals surface area contributed by atoms with Gasteiger partial charge in [-0.15, -0.1) is 12.3 Å². The maximum atomic E-state index is 3.96. The molecule has 0 saturated carbocycles. The molecule has 0 aliphatic heterocycles. The molecule has 0 amide bonds. The fraction of sp³-hybridized carbons (Fsp3) is 0.143. The zero-order valence-electron chi connectivity index (χ0n) is 5.70.